The molecule has 0 aliphatic heterocycles. The zero-order chi connectivity index (χ0) is 17.5. The number of rotatable bonds is 7. The lowest BCUT2D eigenvalue weighted by molar-refractivity contribution is -0.121. The van der Waals surface area contributed by atoms with E-state index in [4.69, 9.17) is 0 Å². The summed E-state index contributed by atoms with van der Waals surface area (Å²) in [5.41, 5.74) is 3.02. The molecule has 4 nitrogen and oxygen atoms in total. The highest BCUT2D eigenvalue weighted by molar-refractivity contribution is 5.76. The van der Waals surface area contributed by atoms with E-state index < -0.39 is 0 Å². The summed E-state index contributed by atoms with van der Waals surface area (Å²) in [7, 11) is 0. The summed E-state index contributed by atoms with van der Waals surface area (Å²) in [4.78, 5) is 12.1. The molecule has 0 atom stereocenters. The first-order valence-corrected chi connectivity index (χ1v) is 8.26. The number of aryl methyl sites for hydroxylation is 1. The van der Waals surface area contributed by atoms with Crippen molar-refractivity contribution in [2.24, 2.45) is 0 Å². The highest BCUT2D eigenvalue weighted by Gasteiger charge is 2.06. The number of carbonyl (C=O) groups excluding carboxylic acids is 1. The van der Waals surface area contributed by atoms with Gasteiger partial charge >= 0.3 is 0 Å². The Labute approximate surface area is 146 Å². The Balaban J connectivity index is 1.53. The van der Waals surface area contributed by atoms with Gasteiger partial charge in [-0.25, -0.2) is 4.39 Å². The van der Waals surface area contributed by atoms with E-state index in [1.165, 1.54) is 12.1 Å². The highest BCUT2D eigenvalue weighted by Crippen LogP contribution is 2.11. The van der Waals surface area contributed by atoms with Crippen LogP contribution in [0.3, 0.4) is 0 Å². The Morgan fingerprint density at radius 1 is 1.08 bits per heavy atom. The van der Waals surface area contributed by atoms with Gasteiger partial charge in [0.2, 0.25) is 5.91 Å². The molecule has 1 amide bonds. The summed E-state index contributed by atoms with van der Waals surface area (Å²) in [6.07, 6.45) is 4.52. The van der Waals surface area contributed by atoms with Crippen molar-refractivity contribution in [1.82, 2.24) is 15.1 Å². The van der Waals surface area contributed by atoms with Crippen molar-refractivity contribution >= 4 is 5.91 Å². The van der Waals surface area contributed by atoms with Gasteiger partial charge in [-0.1, -0.05) is 36.4 Å². The van der Waals surface area contributed by atoms with E-state index in [0.29, 0.717) is 25.9 Å². The molecule has 0 saturated heterocycles. The van der Waals surface area contributed by atoms with Gasteiger partial charge in [-0.15, -0.1) is 0 Å². The van der Waals surface area contributed by atoms with Gasteiger partial charge in [0.25, 0.3) is 0 Å². The van der Waals surface area contributed by atoms with Crippen LogP contribution >= 0.6 is 0 Å². The maximum absolute atomic E-state index is 13.2. The SMILES string of the molecule is O=C(CCc1cccc(F)c1)NCc1ccccc1Cn1cccn1. The van der Waals surface area contributed by atoms with Gasteiger partial charge in [-0.3, -0.25) is 9.48 Å². The fourth-order valence-corrected chi connectivity index (χ4v) is 2.69. The fraction of sp³-hybridized carbons (Fsp3) is 0.200. The molecule has 0 radical (unpaired) electrons. The molecule has 1 aromatic heterocycles. The number of amides is 1. The number of nitrogens with zero attached hydrogens (tertiary/aromatic N) is 2. The summed E-state index contributed by atoms with van der Waals surface area (Å²) < 4.78 is 15.0. The molecule has 2 aromatic carbocycles. The molecular weight excluding hydrogens is 317 g/mol. The van der Waals surface area contributed by atoms with Crippen molar-refractivity contribution in [2.75, 3.05) is 0 Å². The standard InChI is InChI=1S/C20H20FN3O/c21-19-8-3-5-16(13-19)9-10-20(25)22-14-17-6-1-2-7-18(17)15-24-12-4-11-23-24/h1-8,11-13H,9-10,14-15H2,(H,22,25). The van der Waals surface area contributed by atoms with Crippen LogP contribution in [0.25, 0.3) is 0 Å². The molecule has 3 rings (SSSR count). The molecule has 128 valence electrons. The van der Waals surface area contributed by atoms with Gasteiger partial charge < -0.3 is 5.32 Å². The molecule has 0 fully saturated rings. The first-order valence-electron chi connectivity index (χ1n) is 8.26. The van der Waals surface area contributed by atoms with E-state index in [0.717, 1.165) is 16.7 Å². The third kappa shape index (κ3) is 5.01. The van der Waals surface area contributed by atoms with Crippen LogP contribution in [0.1, 0.15) is 23.1 Å². The number of hydrogen-bond donors (Lipinski definition) is 1. The second-order valence-electron chi connectivity index (χ2n) is 5.88. The minimum Gasteiger partial charge on any atom is -0.352 e. The van der Waals surface area contributed by atoms with Crippen molar-refractivity contribution in [3.05, 3.63) is 89.5 Å². The predicted octanol–water partition coefficient (Wildman–Crippen LogP) is 3.32. The van der Waals surface area contributed by atoms with Crippen LogP contribution in [0.4, 0.5) is 4.39 Å². The van der Waals surface area contributed by atoms with Gasteiger partial charge in [0.1, 0.15) is 5.82 Å². The summed E-state index contributed by atoms with van der Waals surface area (Å²) in [6, 6.07) is 16.2. The Bertz CT molecular complexity index is 830. The van der Waals surface area contributed by atoms with Crippen LogP contribution in [0.5, 0.6) is 0 Å². The Kier molecular flexibility index (Phi) is 5.57. The number of carbonyl (C=O) groups is 1. The van der Waals surface area contributed by atoms with Gasteiger partial charge in [0.15, 0.2) is 0 Å². The normalized spacial score (nSPS) is 10.6. The van der Waals surface area contributed by atoms with E-state index in [1.54, 1.807) is 12.3 Å². The third-order valence-corrected chi connectivity index (χ3v) is 4.02. The monoisotopic (exact) mass is 337 g/mol. The fourth-order valence-electron chi connectivity index (χ4n) is 2.69. The molecule has 0 spiro atoms. The molecule has 3 aromatic rings. The minimum absolute atomic E-state index is 0.0434. The van der Waals surface area contributed by atoms with Crippen LogP contribution in [-0.4, -0.2) is 15.7 Å². The lowest BCUT2D eigenvalue weighted by atomic mass is 10.1. The van der Waals surface area contributed by atoms with Crippen molar-refractivity contribution in [3.8, 4) is 0 Å². The van der Waals surface area contributed by atoms with Crippen LogP contribution in [-0.2, 0) is 24.3 Å². The first-order chi connectivity index (χ1) is 12.2. The van der Waals surface area contributed by atoms with Crippen molar-refractivity contribution in [3.63, 3.8) is 0 Å². The molecule has 5 heteroatoms. The van der Waals surface area contributed by atoms with E-state index in [-0.39, 0.29) is 11.7 Å². The lowest BCUT2D eigenvalue weighted by Gasteiger charge is -2.11. The zero-order valence-electron chi connectivity index (χ0n) is 13.9. The first kappa shape index (κ1) is 16.9. The van der Waals surface area contributed by atoms with Crippen molar-refractivity contribution < 1.29 is 9.18 Å². The smallest absolute Gasteiger partial charge is 0.220 e. The Morgan fingerprint density at radius 3 is 2.68 bits per heavy atom. The number of aromatic nitrogens is 2. The van der Waals surface area contributed by atoms with Crippen LogP contribution in [0, 0.1) is 5.82 Å². The minimum atomic E-state index is -0.273. The zero-order valence-corrected chi connectivity index (χ0v) is 13.9. The van der Waals surface area contributed by atoms with Gasteiger partial charge in [-0.2, -0.15) is 5.10 Å². The molecule has 0 saturated carbocycles. The maximum atomic E-state index is 13.2. The van der Waals surface area contributed by atoms with Gasteiger partial charge in [0, 0.05) is 25.4 Å². The average Bonchev–Trinajstić information content (AvgIpc) is 3.12. The molecule has 1 N–H and O–H groups in total. The van der Waals surface area contributed by atoms with Crippen LogP contribution < -0.4 is 5.32 Å². The second kappa shape index (κ2) is 8.24. The van der Waals surface area contributed by atoms with E-state index >= 15 is 0 Å². The molecular formula is C20H20FN3O. The molecule has 25 heavy (non-hydrogen) atoms. The Hall–Kier alpha value is -2.95. The average molecular weight is 337 g/mol. The topological polar surface area (TPSA) is 46.9 Å². The predicted molar refractivity (Wildman–Crippen MR) is 94.3 cm³/mol. The van der Waals surface area contributed by atoms with E-state index in [1.807, 2.05) is 47.3 Å². The molecule has 0 aliphatic rings. The van der Waals surface area contributed by atoms with E-state index in [2.05, 4.69) is 10.4 Å². The number of nitrogens with one attached hydrogen (secondary N) is 1. The quantitative estimate of drug-likeness (QED) is 0.719. The van der Waals surface area contributed by atoms with Gasteiger partial charge in [0.05, 0.1) is 6.54 Å². The second-order valence-corrected chi connectivity index (χ2v) is 5.88. The maximum Gasteiger partial charge on any atom is 0.220 e. The molecule has 0 aliphatic carbocycles. The summed E-state index contributed by atoms with van der Waals surface area (Å²) in [6.45, 7) is 1.14. The molecule has 0 unspecified atom stereocenters. The summed E-state index contributed by atoms with van der Waals surface area (Å²) in [5.74, 6) is -0.316. The number of hydrogen-bond acceptors (Lipinski definition) is 2. The highest BCUT2D eigenvalue weighted by atomic mass is 19.1. The largest absolute Gasteiger partial charge is 0.352 e. The van der Waals surface area contributed by atoms with Crippen molar-refractivity contribution in [1.29, 1.82) is 0 Å². The molecule has 0 bridgehead atoms. The summed E-state index contributed by atoms with van der Waals surface area (Å²) in [5, 5.41) is 7.16. The summed E-state index contributed by atoms with van der Waals surface area (Å²) >= 11 is 0. The molecule has 1 heterocycles. The number of benzene rings is 2. The van der Waals surface area contributed by atoms with Crippen LogP contribution in [0.2, 0.25) is 0 Å². The Morgan fingerprint density at radius 2 is 1.92 bits per heavy atom. The van der Waals surface area contributed by atoms with Crippen molar-refractivity contribution in [2.45, 2.75) is 25.9 Å². The van der Waals surface area contributed by atoms with Crippen LogP contribution in [0.15, 0.2) is 67.0 Å². The number of halogens is 1. The van der Waals surface area contributed by atoms with Gasteiger partial charge in [-0.05, 0) is 41.3 Å². The third-order valence-electron chi connectivity index (χ3n) is 4.02. The lowest BCUT2D eigenvalue weighted by Crippen LogP contribution is -2.23. The van der Waals surface area contributed by atoms with E-state index in [9.17, 15) is 9.18 Å².